The average molecular weight is 311 g/mol. The molecular weight excluding hydrogens is 286 g/mol. The minimum atomic E-state index is -3.35. The summed E-state index contributed by atoms with van der Waals surface area (Å²) in [7, 11) is -1.92. The molecule has 1 fully saturated rings. The summed E-state index contributed by atoms with van der Waals surface area (Å²) in [5, 5.41) is 3.44. The molecule has 1 unspecified atom stereocenters. The van der Waals surface area contributed by atoms with Gasteiger partial charge in [-0.15, -0.1) is 0 Å². The third-order valence-electron chi connectivity index (χ3n) is 4.04. The number of nitrogens with one attached hydrogen (secondary N) is 2. The smallest absolute Gasteiger partial charge is 0.240 e. The molecule has 2 N–H and O–H groups in total. The number of hydrogen-bond donors (Lipinski definition) is 2. The van der Waals surface area contributed by atoms with Crippen molar-refractivity contribution in [3.05, 3.63) is 24.3 Å². The normalized spacial score (nSPS) is 19.4. The number of rotatable bonds is 6. The minimum Gasteiger partial charge on any atom is -0.371 e. The Labute approximate surface area is 127 Å². The molecule has 1 aliphatic rings. The van der Waals surface area contributed by atoms with E-state index in [1.807, 2.05) is 12.1 Å². The summed E-state index contributed by atoms with van der Waals surface area (Å²) in [6, 6.07) is 7.12. The van der Waals surface area contributed by atoms with Crippen molar-refractivity contribution in [3.8, 4) is 0 Å². The Balaban J connectivity index is 2.08. The molecule has 1 aliphatic heterocycles. The second-order valence-electron chi connectivity index (χ2n) is 5.45. The van der Waals surface area contributed by atoms with Crippen LogP contribution in [-0.4, -0.2) is 41.6 Å². The van der Waals surface area contributed by atoms with Crippen LogP contribution in [0.15, 0.2) is 29.2 Å². The van der Waals surface area contributed by atoms with Crippen molar-refractivity contribution in [1.82, 2.24) is 10.0 Å². The second kappa shape index (κ2) is 7.24. The highest BCUT2D eigenvalue weighted by atomic mass is 32.2. The molecule has 0 saturated carbocycles. The molecule has 1 aromatic carbocycles. The van der Waals surface area contributed by atoms with E-state index in [0.29, 0.717) is 10.8 Å². The van der Waals surface area contributed by atoms with Gasteiger partial charge in [-0.25, -0.2) is 13.1 Å². The van der Waals surface area contributed by atoms with Crippen LogP contribution in [0.1, 0.15) is 19.8 Å². The van der Waals surface area contributed by atoms with Crippen LogP contribution < -0.4 is 14.9 Å². The van der Waals surface area contributed by atoms with Gasteiger partial charge in [0.2, 0.25) is 10.0 Å². The second-order valence-corrected chi connectivity index (χ2v) is 7.34. The average Bonchev–Trinajstić information content (AvgIpc) is 2.54. The zero-order valence-corrected chi connectivity index (χ0v) is 13.6. The Bertz CT molecular complexity index is 537. The highest BCUT2D eigenvalue weighted by molar-refractivity contribution is 7.89. The number of benzene rings is 1. The van der Waals surface area contributed by atoms with E-state index in [-0.39, 0.29) is 0 Å². The fourth-order valence-corrected chi connectivity index (χ4v) is 3.49. The summed E-state index contributed by atoms with van der Waals surface area (Å²) >= 11 is 0. The largest absolute Gasteiger partial charge is 0.371 e. The van der Waals surface area contributed by atoms with Crippen molar-refractivity contribution >= 4 is 15.7 Å². The summed E-state index contributed by atoms with van der Waals surface area (Å²) in [5.41, 5.74) is 1.08. The molecule has 0 radical (unpaired) electrons. The van der Waals surface area contributed by atoms with Gasteiger partial charge in [0.05, 0.1) is 4.90 Å². The van der Waals surface area contributed by atoms with Gasteiger partial charge in [-0.1, -0.05) is 0 Å². The Hall–Kier alpha value is -1.11. The first-order valence-electron chi connectivity index (χ1n) is 7.56. The Morgan fingerprint density at radius 3 is 2.57 bits per heavy atom. The third kappa shape index (κ3) is 4.18. The van der Waals surface area contributed by atoms with E-state index < -0.39 is 10.0 Å². The maximum Gasteiger partial charge on any atom is 0.240 e. The molecule has 5 nitrogen and oxygen atoms in total. The van der Waals surface area contributed by atoms with Crippen LogP contribution in [0.25, 0.3) is 0 Å². The standard InChI is InChI=1S/C15H25N3O2S/c1-3-18(12-13-5-4-10-17-11-13)14-6-8-15(9-7-14)21(19,20)16-2/h6-9,13,16-17H,3-5,10-12H2,1-2H3. The van der Waals surface area contributed by atoms with Gasteiger partial charge in [-0.3, -0.25) is 0 Å². The maximum absolute atomic E-state index is 11.7. The molecule has 1 atom stereocenters. The van der Waals surface area contributed by atoms with Crippen LogP contribution in [0.4, 0.5) is 5.69 Å². The number of hydrogen-bond acceptors (Lipinski definition) is 4. The van der Waals surface area contributed by atoms with Crippen molar-refractivity contribution in [3.63, 3.8) is 0 Å². The maximum atomic E-state index is 11.7. The summed E-state index contributed by atoms with van der Waals surface area (Å²) in [5.74, 6) is 0.666. The minimum absolute atomic E-state index is 0.309. The van der Waals surface area contributed by atoms with Gasteiger partial charge in [0.15, 0.2) is 0 Å². The molecule has 0 bridgehead atoms. The lowest BCUT2D eigenvalue weighted by atomic mass is 9.99. The molecule has 118 valence electrons. The Kier molecular flexibility index (Phi) is 5.61. The molecule has 6 heteroatoms. The van der Waals surface area contributed by atoms with E-state index >= 15 is 0 Å². The first-order chi connectivity index (χ1) is 10.1. The Morgan fingerprint density at radius 1 is 1.33 bits per heavy atom. The van der Waals surface area contributed by atoms with Crippen molar-refractivity contribution in [2.75, 3.05) is 38.1 Å². The molecule has 1 aromatic rings. The van der Waals surface area contributed by atoms with Crippen LogP contribution in [0.3, 0.4) is 0 Å². The van der Waals surface area contributed by atoms with Crippen LogP contribution in [0.2, 0.25) is 0 Å². The van der Waals surface area contributed by atoms with Gasteiger partial charge in [0.25, 0.3) is 0 Å². The molecule has 1 saturated heterocycles. The first-order valence-corrected chi connectivity index (χ1v) is 9.04. The van der Waals surface area contributed by atoms with Gasteiger partial charge >= 0.3 is 0 Å². The fourth-order valence-electron chi connectivity index (χ4n) is 2.76. The predicted molar refractivity (Wildman–Crippen MR) is 86.2 cm³/mol. The van der Waals surface area contributed by atoms with Gasteiger partial charge in [-0.05, 0) is 70.1 Å². The van der Waals surface area contributed by atoms with E-state index in [9.17, 15) is 8.42 Å². The first kappa shape index (κ1) is 16.3. The summed E-state index contributed by atoms with van der Waals surface area (Å²) in [6.07, 6.45) is 2.50. The van der Waals surface area contributed by atoms with E-state index in [0.717, 1.165) is 31.9 Å². The molecule has 0 aromatic heterocycles. The monoisotopic (exact) mass is 311 g/mol. The van der Waals surface area contributed by atoms with Crippen LogP contribution in [-0.2, 0) is 10.0 Å². The molecule has 0 spiro atoms. The zero-order chi connectivity index (χ0) is 15.3. The molecule has 21 heavy (non-hydrogen) atoms. The molecule has 0 amide bonds. The highest BCUT2D eigenvalue weighted by Crippen LogP contribution is 2.20. The van der Waals surface area contributed by atoms with Crippen LogP contribution >= 0.6 is 0 Å². The number of anilines is 1. The van der Waals surface area contributed by atoms with Gasteiger partial charge in [0.1, 0.15) is 0 Å². The van der Waals surface area contributed by atoms with Crippen molar-refractivity contribution < 1.29 is 8.42 Å². The fraction of sp³-hybridized carbons (Fsp3) is 0.600. The van der Waals surface area contributed by atoms with Crippen LogP contribution in [0, 0.1) is 5.92 Å². The summed E-state index contributed by atoms with van der Waals surface area (Å²) < 4.78 is 25.8. The van der Waals surface area contributed by atoms with E-state index in [1.165, 1.54) is 19.9 Å². The van der Waals surface area contributed by atoms with Gasteiger partial charge < -0.3 is 10.2 Å². The SMILES string of the molecule is CCN(CC1CCCNC1)c1ccc(S(=O)(=O)NC)cc1. The van der Waals surface area contributed by atoms with E-state index in [2.05, 4.69) is 21.9 Å². The zero-order valence-electron chi connectivity index (χ0n) is 12.8. The highest BCUT2D eigenvalue weighted by Gasteiger charge is 2.17. The predicted octanol–water partition coefficient (Wildman–Crippen LogP) is 1.42. The van der Waals surface area contributed by atoms with E-state index in [1.54, 1.807) is 12.1 Å². The molecule has 0 aliphatic carbocycles. The quantitative estimate of drug-likeness (QED) is 0.834. The van der Waals surface area contributed by atoms with E-state index in [4.69, 9.17) is 0 Å². The van der Waals surface area contributed by atoms with Crippen molar-refractivity contribution in [1.29, 1.82) is 0 Å². The molecule has 1 heterocycles. The Morgan fingerprint density at radius 2 is 2.05 bits per heavy atom. The third-order valence-corrected chi connectivity index (χ3v) is 5.47. The summed E-state index contributed by atoms with van der Waals surface area (Å²) in [6.45, 7) is 6.27. The number of piperidine rings is 1. The van der Waals surface area contributed by atoms with Crippen molar-refractivity contribution in [2.45, 2.75) is 24.7 Å². The lowest BCUT2D eigenvalue weighted by Crippen LogP contribution is -2.38. The van der Waals surface area contributed by atoms with Crippen LogP contribution in [0.5, 0.6) is 0 Å². The van der Waals surface area contributed by atoms with Crippen molar-refractivity contribution in [2.24, 2.45) is 5.92 Å². The van der Waals surface area contributed by atoms with Gasteiger partial charge in [0, 0.05) is 18.8 Å². The number of sulfonamides is 1. The summed E-state index contributed by atoms with van der Waals surface area (Å²) in [4.78, 5) is 2.62. The lowest BCUT2D eigenvalue weighted by Gasteiger charge is -2.31. The molecule has 2 rings (SSSR count). The molecular formula is C15H25N3O2S. The lowest BCUT2D eigenvalue weighted by molar-refractivity contribution is 0.378. The van der Waals surface area contributed by atoms with Gasteiger partial charge in [-0.2, -0.15) is 0 Å². The number of nitrogens with zero attached hydrogens (tertiary/aromatic N) is 1. The topological polar surface area (TPSA) is 61.4 Å².